The van der Waals surface area contributed by atoms with Gasteiger partial charge in [0, 0.05) is 16.1 Å². The van der Waals surface area contributed by atoms with E-state index in [0.29, 0.717) is 21.8 Å². The third-order valence-corrected chi connectivity index (χ3v) is 3.78. The first-order valence-corrected chi connectivity index (χ1v) is 7.29. The number of hydrogen-bond acceptors (Lipinski definition) is 3. The minimum Gasteiger partial charge on any atom is -0.383 e. The lowest BCUT2D eigenvalue weighted by atomic mass is 9.98. The van der Waals surface area contributed by atoms with Crippen LogP contribution in [0.15, 0.2) is 48.5 Å². The Bertz CT molecular complexity index is 963. The van der Waals surface area contributed by atoms with Crippen molar-refractivity contribution in [3.05, 3.63) is 70.8 Å². The smallest absolute Gasteiger partial charge is 0.159 e. The molecule has 0 aliphatic rings. The van der Waals surface area contributed by atoms with E-state index in [0.717, 1.165) is 17.7 Å². The van der Waals surface area contributed by atoms with Gasteiger partial charge in [0.05, 0.1) is 5.69 Å². The SMILES string of the molecule is N#Cc1c(-c2ccc(F)c(F)c2)cc(-c2ccc(Cl)cc2)nc1N. The van der Waals surface area contributed by atoms with E-state index in [9.17, 15) is 14.0 Å². The zero-order valence-electron chi connectivity index (χ0n) is 12.2. The van der Waals surface area contributed by atoms with Gasteiger partial charge in [-0.05, 0) is 35.9 Å². The molecule has 3 aromatic rings. The summed E-state index contributed by atoms with van der Waals surface area (Å²) in [6.45, 7) is 0. The van der Waals surface area contributed by atoms with Gasteiger partial charge in [-0.25, -0.2) is 13.8 Å². The van der Waals surface area contributed by atoms with Crippen LogP contribution in [-0.2, 0) is 0 Å². The number of anilines is 1. The number of nitrogen functional groups attached to an aromatic ring is 1. The summed E-state index contributed by atoms with van der Waals surface area (Å²) in [5.41, 5.74) is 7.95. The average Bonchev–Trinajstić information content (AvgIpc) is 2.57. The highest BCUT2D eigenvalue weighted by Gasteiger charge is 2.15. The molecule has 1 heterocycles. The third-order valence-electron chi connectivity index (χ3n) is 3.53. The number of hydrogen-bond donors (Lipinski definition) is 1. The molecule has 0 bridgehead atoms. The van der Waals surface area contributed by atoms with Crippen LogP contribution >= 0.6 is 11.6 Å². The largest absolute Gasteiger partial charge is 0.383 e. The number of nitriles is 1. The standard InChI is InChI=1S/C18H10ClF2N3/c19-12-4-1-10(2-5-12)17-8-13(14(9-22)18(23)24-17)11-3-6-15(20)16(21)7-11/h1-8H,(H2,23,24). The molecule has 0 radical (unpaired) electrons. The van der Waals surface area contributed by atoms with Gasteiger partial charge in [0.25, 0.3) is 0 Å². The van der Waals surface area contributed by atoms with E-state index in [-0.39, 0.29) is 11.4 Å². The molecule has 0 spiro atoms. The number of nitrogens with zero attached hydrogens (tertiary/aromatic N) is 2. The zero-order chi connectivity index (χ0) is 17.3. The minimum atomic E-state index is -1.00. The maximum absolute atomic E-state index is 13.5. The number of rotatable bonds is 2. The predicted molar refractivity (Wildman–Crippen MR) is 89.2 cm³/mol. The van der Waals surface area contributed by atoms with Crippen molar-refractivity contribution in [2.75, 3.05) is 5.73 Å². The highest BCUT2D eigenvalue weighted by Crippen LogP contribution is 2.32. The molecule has 0 unspecified atom stereocenters. The molecule has 0 saturated heterocycles. The van der Waals surface area contributed by atoms with Crippen molar-refractivity contribution < 1.29 is 8.78 Å². The fourth-order valence-corrected chi connectivity index (χ4v) is 2.47. The molecule has 2 aromatic carbocycles. The van der Waals surface area contributed by atoms with Gasteiger partial charge in [0.2, 0.25) is 0 Å². The van der Waals surface area contributed by atoms with E-state index in [1.807, 2.05) is 6.07 Å². The maximum atomic E-state index is 13.5. The van der Waals surface area contributed by atoms with Crippen LogP contribution in [-0.4, -0.2) is 4.98 Å². The molecule has 1 aromatic heterocycles. The molecule has 118 valence electrons. The quantitative estimate of drug-likeness (QED) is 0.728. The summed E-state index contributed by atoms with van der Waals surface area (Å²) in [5.74, 6) is -1.94. The molecule has 0 fully saturated rings. The van der Waals surface area contributed by atoms with Crippen LogP contribution in [0.4, 0.5) is 14.6 Å². The monoisotopic (exact) mass is 341 g/mol. The van der Waals surface area contributed by atoms with Crippen molar-refractivity contribution in [2.24, 2.45) is 0 Å². The van der Waals surface area contributed by atoms with Crippen molar-refractivity contribution in [1.29, 1.82) is 5.26 Å². The Morgan fingerprint density at radius 2 is 1.62 bits per heavy atom. The second-order valence-electron chi connectivity index (χ2n) is 5.06. The number of benzene rings is 2. The van der Waals surface area contributed by atoms with E-state index >= 15 is 0 Å². The van der Waals surface area contributed by atoms with Crippen molar-refractivity contribution in [1.82, 2.24) is 4.98 Å². The zero-order valence-corrected chi connectivity index (χ0v) is 13.0. The van der Waals surface area contributed by atoms with E-state index in [1.165, 1.54) is 6.07 Å². The van der Waals surface area contributed by atoms with Crippen LogP contribution in [0.25, 0.3) is 22.4 Å². The third kappa shape index (κ3) is 2.92. The topological polar surface area (TPSA) is 62.7 Å². The van der Waals surface area contributed by atoms with Crippen LogP contribution in [0.5, 0.6) is 0 Å². The van der Waals surface area contributed by atoms with Gasteiger partial charge in [0.15, 0.2) is 11.6 Å². The molecular formula is C18H10ClF2N3. The molecule has 0 amide bonds. The summed E-state index contributed by atoms with van der Waals surface area (Å²) >= 11 is 5.87. The number of halogens is 3. The molecule has 0 atom stereocenters. The lowest BCUT2D eigenvalue weighted by Crippen LogP contribution is -2.00. The first-order chi connectivity index (χ1) is 11.5. The highest BCUT2D eigenvalue weighted by molar-refractivity contribution is 6.30. The lowest BCUT2D eigenvalue weighted by molar-refractivity contribution is 0.509. The number of pyridine rings is 1. The first kappa shape index (κ1) is 15.9. The summed E-state index contributed by atoms with van der Waals surface area (Å²) in [5, 5.41) is 9.90. The van der Waals surface area contributed by atoms with E-state index in [1.54, 1.807) is 30.3 Å². The van der Waals surface area contributed by atoms with Crippen LogP contribution in [0, 0.1) is 23.0 Å². The van der Waals surface area contributed by atoms with Crippen LogP contribution in [0.3, 0.4) is 0 Å². The minimum absolute atomic E-state index is 0.0182. The first-order valence-electron chi connectivity index (χ1n) is 6.91. The second kappa shape index (κ2) is 6.26. The lowest BCUT2D eigenvalue weighted by Gasteiger charge is -2.10. The Kier molecular flexibility index (Phi) is 4.15. The Balaban J connectivity index is 2.22. The Morgan fingerprint density at radius 3 is 2.25 bits per heavy atom. The highest BCUT2D eigenvalue weighted by atomic mass is 35.5. The Labute approximate surface area is 141 Å². The van der Waals surface area contributed by atoms with Crippen LogP contribution in [0.2, 0.25) is 5.02 Å². The van der Waals surface area contributed by atoms with Crippen molar-refractivity contribution in [3.63, 3.8) is 0 Å². The van der Waals surface area contributed by atoms with Gasteiger partial charge in [-0.15, -0.1) is 0 Å². The van der Waals surface area contributed by atoms with Crippen molar-refractivity contribution in [3.8, 4) is 28.5 Å². The van der Waals surface area contributed by atoms with E-state index in [2.05, 4.69) is 4.98 Å². The fourth-order valence-electron chi connectivity index (χ4n) is 2.34. The van der Waals surface area contributed by atoms with Gasteiger partial charge in [-0.2, -0.15) is 5.26 Å². The van der Waals surface area contributed by atoms with Gasteiger partial charge >= 0.3 is 0 Å². The van der Waals surface area contributed by atoms with Gasteiger partial charge in [-0.1, -0.05) is 29.8 Å². The number of aromatic nitrogens is 1. The molecule has 6 heteroatoms. The predicted octanol–water partition coefficient (Wildman–Crippen LogP) is 4.80. The molecule has 0 saturated carbocycles. The summed E-state index contributed by atoms with van der Waals surface area (Å²) in [7, 11) is 0. The summed E-state index contributed by atoms with van der Waals surface area (Å²) in [4.78, 5) is 4.21. The van der Waals surface area contributed by atoms with Crippen molar-refractivity contribution in [2.45, 2.75) is 0 Å². The average molecular weight is 342 g/mol. The maximum Gasteiger partial charge on any atom is 0.159 e. The Morgan fingerprint density at radius 1 is 0.958 bits per heavy atom. The summed E-state index contributed by atoms with van der Waals surface area (Å²) in [6.07, 6.45) is 0. The van der Waals surface area contributed by atoms with E-state index in [4.69, 9.17) is 17.3 Å². The second-order valence-corrected chi connectivity index (χ2v) is 5.50. The van der Waals surface area contributed by atoms with Crippen LogP contribution < -0.4 is 5.73 Å². The summed E-state index contributed by atoms with van der Waals surface area (Å²) < 4.78 is 26.7. The van der Waals surface area contributed by atoms with Gasteiger partial charge in [0.1, 0.15) is 17.5 Å². The molecule has 3 nitrogen and oxygen atoms in total. The fraction of sp³-hybridized carbons (Fsp3) is 0. The van der Waals surface area contributed by atoms with Crippen LogP contribution in [0.1, 0.15) is 5.56 Å². The molecule has 24 heavy (non-hydrogen) atoms. The van der Waals surface area contributed by atoms with Gasteiger partial charge < -0.3 is 5.73 Å². The van der Waals surface area contributed by atoms with Crippen molar-refractivity contribution >= 4 is 17.4 Å². The number of nitrogens with two attached hydrogens (primary N) is 1. The molecule has 0 aliphatic carbocycles. The van der Waals surface area contributed by atoms with Gasteiger partial charge in [-0.3, -0.25) is 0 Å². The normalized spacial score (nSPS) is 10.4. The molecular weight excluding hydrogens is 332 g/mol. The van der Waals surface area contributed by atoms with E-state index < -0.39 is 11.6 Å². The molecule has 2 N–H and O–H groups in total. The summed E-state index contributed by atoms with van der Waals surface area (Å²) in [6, 6.07) is 13.9. The molecule has 0 aliphatic heterocycles. The molecule has 3 rings (SSSR count). The Hall–Kier alpha value is -2.97.